The average Bonchev–Trinajstić information content (AvgIpc) is 2.34. The lowest BCUT2D eigenvalue weighted by atomic mass is 10.4. The number of hydrogen-bond acceptors (Lipinski definition) is 6. The van der Waals surface area contributed by atoms with Gasteiger partial charge >= 0.3 is 0 Å². The zero-order chi connectivity index (χ0) is 12.5. The van der Waals surface area contributed by atoms with Gasteiger partial charge in [0.1, 0.15) is 17.5 Å². The summed E-state index contributed by atoms with van der Waals surface area (Å²) in [5, 5.41) is 12.9. The summed E-state index contributed by atoms with van der Waals surface area (Å²) in [4.78, 5) is 8.69. The summed E-state index contributed by atoms with van der Waals surface area (Å²) in [6.07, 6.45) is 1.04. The molecule has 0 spiro atoms. The van der Waals surface area contributed by atoms with E-state index >= 15 is 0 Å². The third kappa shape index (κ3) is 5.34. The van der Waals surface area contributed by atoms with Crippen LogP contribution in [0.4, 0.5) is 5.82 Å². The van der Waals surface area contributed by atoms with Crippen molar-refractivity contribution in [3.8, 4) is 0 Å². The fourth-order valence-electron chi connectivity index (χ4n) is 1.23. The highest BCUT2D eigenvalue weighted by atomic mass is 32.2. The molecular formula is C11H19N3O2S. The third-order valence-electron chi connectivity index (χ3n) is 1.92. The Hall–Kier alpha value is -0.850. The van der Waals surface area contributed by atoms with E-state index in [1.54, 1.807) is 7.11 Å². The van der Waals surface area contributed by atoms with Crippen LogP contribution in [0.25, 0.3) is 0 Å². The Bertz CT molecular complexity index is 310. The van der Waals surface area contributed by atoms with Crippen LogP contribution in [0.1, 0.15) is 19.2 Å². The molecule has 0 aliphatic rings. The zero-order valence-corrected chi connectivity index (χ0v) is 11.1. The third-order valence-corrected chi connectivity index (χ3v) is 2.81. The maximum atomic E-state index is 8.81. The van der Waals surface area contributed by atoms with Crippen molar-refractivity contribution in [3.05, 3.63) is 11.9 Å². The number of hydrogen-bond donors (Lipinski definition) is 2. The van der Waals surface area contributed by atoms with Crippen molar-refractivity contribution in [1.29, 1.82) is 0 Å². The molecule has 0 aromatic carbocycles. The molecule has 0 saturated heterocycles. The Morgan fingerprint density at radius 1 is 1.47 bits per heavy atom. The van der Waals surface area contributed by atoms with E-state index in [1.165, 1.54) is 11.8 Å². The predicted octanol–water partition coefficient (Wildman–Crippen LogP) is 1.53. The molecule has 1 aromatic rings. The molecule has 0 bridgehead atoms. The van der Waals surface area contributed by atoms with Gasteiger partial charge in [-0.1, -0.05) is 6.92 Å². The minimum absolute atomic E-state index is 0.145. The molecule has 96 valence electrons. The first-order valence-corrected chi connectivity index (χ1v) is 6.63. The van der Waals surface area contributed by atoms with Gasteiger partial charge in [0.25, 0.3) is 0 Å². The molecule has 2 N–H and O–H groups in total. The maximum Gasteiger partial charge on any atom is 0.157 e. The van der Waals surface area contributed by atoms with Gasteiger partial charge in [0.15, 0.2) is 5.82 Å². The molecule has 17 heavy (non-hydrogen) atoms. The van der Waals surface area contributed by atoms with Crippen LogP contribution in [0.2, 0.25) is 0 Å². The molecule has 0 saturated carbocycles. The van der Waals surface area contributed by atoms with E-state index in [4.69, 9.17) is 9.84 Å². The van der Waals surface area contributed by atoms with Crippen molar-refractivity contribution in [3.63, 3.8) is 0 Å². The molecule has 0 radical (unpaired) electrons. The van der Waals surface area contributed by atoms with Crippen molar-refractivity contribution >= 4 is 17.6 Å². The van der Waals surface area contributed by atoms with Gasteiger partial charge < -0.3 is 15.2 Å². The highest BCUT2D eigenvalue weighted by Gasteiger charge is 2.04. The molecular weight excluding hydrogens is 238 g/mol. The lowest BCUT2D eigenvalue weighted by Gasteiger charge is -2.08. The van der Waals surface area contributed by atoms with Crippen LogP contribution in [0.15, 0.2) is 11.1 Å². The number of ether oxygens (including phenoxy) is 1. The largest absolute Gasteiger partial charge is 0.396 e. The molecule has 0 aliphatic heterocycles. The number of nitrogens with zero attached hydrogens (tertiary/aromatic N) is 2. The monoisotopic (exact) mass is 257 g/mol. The number of nitrogens with one attached hydrogen (secondary N) is 1. The zero-order valence-electron chi connectivity index (χ0n) is 10.3. The molecule has 0 amide bonds. The Kier molecular flexibility index (Phi) is 6.91. The van der Waals surface area contributed by atoms with E-state index in [0.29, 0.717) is 18.2 Å². The summed E-state index contributed by atoms with van der Waals surface area (Å²) < 4.78 is 5.04. The summed E-state index contributed by atoms with van der Waals surface area (Å²) >= 11 is 1.51. The van der Waals surface area contributed by atoms with Crippen LogP contribution in [0.5, 0.6) is 0 Å². The quantitative estimate of drug-likeness (QED) is 0.544. The molecule has 0 atom stereocenters. The molecule has 1 aromatic heterocycles. The van der Waals surface area contributed by atoms with Gasteiger partial charge in [-0.2, -0.15) is 0 Å². The lowest BCUT2D eigenvalue weighted by molar-refractivity contribution is 0.177. The standard InChI is InChI=1S/C11H19N3O2S/c1-3-4-12-9-7-11(17-6-5-15)14-10(13-9)8-16-2/h7,15H,3-6,8H2,1-2H3,(H,12,13,14). The predicted molar refractivity (Wildman–Crippen MR) is 69.3 cm³/mol. The van der Waals surface area contributed by atoms with Crippen molar-refractivity contribution < 1.29 is 9.84 Å². The first kappa shape index (κ1) is 14.2. The number of aromatic nitrogens is 2. The summed E-state index contributed by atoms with van der Waals surface area (Å²) in [6, 6.07) is 1.90. The number of rotatable bonds is 8. The van der Waals surface area contributed by atoms with Crippen LogP contribution in [0.3, 0.4) is 0 Å². The van der Waals surface area contributed by atoms with E-state index in [1.807, 2.05) is 6.07 Å². The Labute approximate surface area is 106 Å². The smallest absolute Gasteiger partial charge is 0.157 e. The second-order valence-corrected chi connectivity index (χ2v) is 4.55. The molecule has 0 aliphatic carbocycles. The topological polar surface area (TPSA) is 67.3 Å². The summed E-state index contributed by atoms with van der Waals surface area (Å²) in [5.74, 6) is 2.11. The fourth-order valence-corrected chi connectivity index (χ4v) is 1.90. The van der Waals surface area contributed by atoms with E-state index in [2.05, 4.69) is 22.2 Å². The van der Waals surface area contributed by atoms with Crippen LogP contribution in [-0.2, 0) is 11.3 Å². The Morgan fingerprint density at radius 2 is 2.29 bits per heavy atom. The van der Waals surface area contributed by atoms with Gasteiger partial charge in [0.05, 0.1) is 6.61 Å². The first-order valence-electron chi connectivity index (χ1n) is 5.64. The summed E-state index contributed by atoms with van der Waals surface area (Å²) in [6.45, 7) is 3.53. The van der Waals surface area contributed by atoms with Crippen LogP contribution >= 0.6 is 11.8 Å². The number of methoxy groups -OCH3 is 1. The maximum absolute atomic E-state index is 8.81. The lowest BCUT2D eigenvalue weighted by Crippen LogP contribution is -2.06. The highest BCUT2D eigenvalue weighted by Crippen LogP contribution is 2.18. The van der Waals surface area contributed by atoms with Gasteiger partial charge in [0, 0.05) is 25.5 Å². The van der Waals surface area contributed by atoms with Gasteiger partial charge in [0.2, 0.25) is 0 Å². The Morgan fingerprint density at radius 3 is 2.94 bits per heavy atom. The summed E-state index contributed by atoms with van der Waals surface area (Å²) in [7, 11) is 1.62. The van der Waals surface area contributed by atoms with Crippen molar-refractivity contribution in [2.45, 2.75) is 25.0 Å². The number of aliphatic hydroxyl groups is 1. The molecule has 5 nitrogen and oxygen atoms in total. The normalized spacial score (nSPS) is 10.5. The molecule has 0 unspecified atom stereocenters. The number of anilines is 1. The SMILES string of the molecule is CCCNc1cc(SCCO)nc(COC)n1. The van der Waals surface area contributed by atoms with Gasteiger partial charge in [-0.15, -0.1) is 11.8 Å². The van der Waals surface area contributed by atoms with Crippen LogP contribution < -0.4 is 5.32 Å². The minimum atomic E-state index is 0.145. The molecule has 0 fully saturated rings. The Balaban J connectivity index is 2.76. The second-order valence-electron chi connectivity index (χ2n) is 3.44. The van der Waals surface area contributed by atoms with E-state index < -0.39 is 0 Å². The molecule has 1 heterocycles. The van der Waals surface area contributed by atoms with Crippen molar-refractivity contribution in [2.24, 2.45) is 0 Å². The number of thioether (sulfide) groups is 1. The average molecular weight is 257 g/mol. The van der Waals surface area contributed by atoms with E-state index in [0.717, 1.165) is 23.8 Å². The minimum Gasteiger partial charge on any atom is -0.396 e. The van der Waals surface area contributed by atoms with Crippen LogP contribution in [-0.4, -0.2) is 41.1 Å². The molecule has 1 rings (SSSR count). The van der Waals surface area contributed by atoms with E-state index in [-0.39, 0.29) is 6.61 Å². The van der Waals surface area contributed by atoms with Crippen molar-refractivity contribution in [1.82, 2.24) is 9.97 Å². The second kappa shape index (κ2) is 8.27. The van der Waals surface area contributed by atoms with E-state index in [9.17, 15) is 0 Å². The summed E-state index contributed by atoms with van der Waals surface area (Å²) in [5.41, 5.74) is 0. The fraction of sp³-hybridized carbons (Fsp3) is 0.636. The van der Waals surface area contributed by atoms with Gasteiger partial charge in [-0.25, -0.2) is 9.97 Å². The molecule has 6 heteroatoms. The van der Waals surface area contributed by atoms with Crippen LogP contribution in [0, 0.1) is 0 Å². The first-order chi connectivity index (χ1) is 8.30. The highest BCUT2D eigenvalue weighted by molar-refractivity contribution is 7.99. The van der Waals surface area contributed by atoms with Gasteiger partial charge in [-0.3, -0.25) is 0 Å². The van der Waals surface area contributed by atoms with Crippen molar-refractivity contribution in [2.75, 3.05) is 31.3 Å². The van der Waals surface area contributed by atoms with Gasteiger partial charge in [-0.05, 0) is 6.42 Å². The number of aliphatic hydroxyl groups excluding tert-OH is 1.